The van der Waals surface area contributed by atoms with Gasteiger partial charge in [-0.15, -0.1) is 0 Å². The van der Waals surface area contributed by atoms with E-state index in [2.05, 4.69) is 15.6 Å². The zero-order valence-electron chi connectivity index (χ0n) is 11.0. The number of pyridine rings is 1. The number of nitrogens with one attached hydrogen (secondary N) is 2. The normalized spacial score (nSPS) is 17.5. The van der Waals surface area contributed by atoms with Gasteiger partial charge in [0.05, 0.1) is 10.5 Å². The van der Waals surface area contributed by atoms with Crippen LogP contribution in [-0.2, 0) is 0 Å². The van der Waals surface area contributed by atoms with Gasteiger partial charge in [-0.05, 0) is 32.9 Å². The van der Waals surface area contributed by atoms with Gasteiger partial charge in [0.25, 0.3) is 11.6 Å². The van der Waals surface area contributed by atoms with Gasteiger partial charge < -0.3 is 10.6 Å². The maximum atomic E-state index is 12.2. The predicted molar refractivity (Wildman–Crippen MR) is 73.9 cm³/mol. The van der Waals surface area contributed by atoms with E-state index in [1.54, 1.807) is 0 Å². The molecule has 8 heteroatoms. The molecule has 1 aromatic rings. The second-order valence-corrected chi connectivity index (χ2v) is 5.41. The van der Waals surface area contributed by atoms with Crippen LogP contribution in [0.15, 0.2) is 12.3 Å². The van der Waals surface area contributed by atoms with Gasteiger partial charge in [-0.2, -0.15) is 0 Å². The van der Waals surface area contributed by atoms with E-state index in [1.807, 2.05) is 6.92 Å². The summed E-state index contributed by atoms with van der Waals surface area (Å²) in [6.45, 7) is 3.58. The molecule has 2 heterocycles. The highest BCUT2D eigenvalue weighted by Crippen LogP contribution is 2.22. The van der Waals surface area contributed by atoms with Gasteiger partial charge in [-0.25, -0.2) is 4.98 Å². The fourth-order valence-electron chi connectivity index (χ4n) is 2.14. The Morgan fingerprint density at radius 2 is 2.20 bits per heavy atom. The minimum atomic E-state index is -0.605. The van der Waals surface area contributed by atoms with Crippen LogP contribution in [0.4, 0.5) is 5.69 Å². The first-order valence-electron chi connectivity index (χ1n) is 6.24. The number of nitro groups is 1. The van der Waals surface area contributed by atoms with E-state index in [0.717, 1.165) is 38.2 Å². The Morgan fingerprint density at radius 3 is 2.80 bits per heavy atom. The first kappa shape index (κ1) is 14.7. The van der Waals surface area contributed by atoms with Crippen LogP contribution < -0.4 is 10.6 Å². The highest BCUT2D eigenvalue weighted by molar-refractivity contribution is 6.32. The maximum Gasteiger partial charge on any atom is 0.288 e. The third-order valence-corrected chi connectivity index (χ3v) is 3.70. The van der Waals surface area contributed by atoms with Crippen LogP contribution in [0.25, 0.3) is 0 Å². The fourth-order valence-corrected chi connectivity index (χ4v) is 2.33. The molecule has 2 rings (SSSR count). The van der Waals surface area contributed by atoms with Crippen molar-refractivity contribution in [3.05, 3.63) is 33.1 Å². The lowest BCUT2D eigenvalue weighted by Gasteiger charge is -2.35. The number of amides is 1. The molecule has 0 spiro atoms. The number of nitrogens with zero attached hydrogens (tertiary/aromatic N) is 2. The number of piperidine rings is 1. The fraction of sp³-hybridized carbons (Fsp3) is 0.500. The van der Waals surface area contributed by atoms with E-state index in [4.69, 9.17) is 11.6 Å². The monoisotopic (exact) mass is 298 g/mol. The maximum absolute atomic E-state index is 12.2. The Hall–Kier alpha value is -1.73. The Morgan fingerprint density at radius 1 is 1.55 bits per heavy atom. The van der Waals surface area contributed by atoms with Gasteiger partial charge in [0.15, 0.2) is 0 Å². The van der Waals surface area contributed by atoms with Gasteiger partial charge in [-0.3, -0.25) is 14.9 Å². The Balaban J connectivity index is 2.20. The average molecular weight is 299 g/mol. The van der Waals surface area contributed by atoms with Crippen LogP contribution in [0.5, 0.6) is 0 Å². The molecular weight excluding hydrogens is 284 g/mol. The molecule has 20 heavy (non-hydrogen) atoms. The number of carbonyl (C=O) groups is 1. The van der Waals surface area contributed by atoms with Crippen molar-refractivity contribution in [2.24, 2.45) is 0 Å². The van der Waals surface area contributed by atoms with Gasteiger partial charge in [-0.1, -0.05) is 11.6 Å². The van der Waals surface area contributed by atoms with Crippen molar-refractivity contribution >= 4 is 23.2 Å². The number of hydrogen-bond acceptors (Lipinski definition) is 5. The molecule has 0 bridgehead atoms. The van der Waals surface area contributed by atoms with Crippen molar-refractivity contribution in [1.29, 1.82) is 0 Å². The van der Waals surface area contributed by atoms with Gasteiger partial charge in [0.1, 0.15) is 11.3 Å². The zero-order chi connectivity index (χ0) is 14.8. The number of aromatic nitrogens is 1. The van der Waals surface area contributed by atoms with Gasteiger partial charge in [0, 0.05) is 11.6 Å². The lowest BCUT2D eigenvalue weighted by molar-refractivity contribution is -0.385. The molecule has 108 valence electrons. The van der Waals surface area contributed by atoms with E-state index in [0.29, 0.717) is 0 Å². The largest absolute Gasteiger partial charge is 0.347 e. The first-order valence-corrected chi connectivity index (χ1v) is 6.62. The summed E-state index contributed by atoms with van der Waals surface area (Å²) in [5, 5.41) is 16.8. The Bertz CT molecular complexity index is 544. The topological polar surface area (TPSA) is 97.2 Å². The summed E-state index contributed by atoms with van der Waals surface area (Å²) in [7, 11) is 0. The van der Waals surface area contributed by atoms with Crippen LogP contribution >= 0.6 is 11.6 Å². The number of hydrogen-bond donors (Lipinski definition) is 2. The van der Waals surface area contributed by atoms with E-state index in [-0.39, 0.29) is 21.9 Å². The van der Waals surface area contributed by atoms with Crippen LogP contribution in [0, 0.1) is 10.1 Å². The van der Waals surface area contributed by atoms with Crippen molar-refractivity contribution in [1.82, 2.24) is 15.6 Å². The molecule has 0 saturated carbocycles. The molecule has 1 aliphatic heterocycles. The van der Waals surface area contributed by atoms with Crippen molar-refractivity contribution in [3.63, 3.8) is 0 Å². The summed E-state index contributed by atoms with van der Waals surface area (Å²) in [5.74, 6) is -0.435. The van der Waals surface area contributed by atoms with Gasteiger partial charge in [0.2, 0.25) is 0 Å². The molecular formula is C12H15ClN4O3. The highest BCUT2D eigenvalue weighted by Gasteiger charge is 2.30. The molecule has 7 nitrogen and oxygen atoms in total. The molecule has 0 unspecified atom stereocenters. The molecule has 0 aliphatic carbocycles. The minimum Gasteiger partial charge on any atom is -0.347 e. The quantitative estimate of drug-likeness (QED) is 0.501. The third kappa shape index (κ3) is 3.23. The molecule has 2 N–H and O–H groups in total. The van der Waals surface area contributed by atoms with Crippen LogP contribution in [-0.4, -0.2) is 34.4 Å². The first-order chi connectivity index (χ1) is 9.41. The van der Waals surface area contributed by atoms with Crippen molar-refractivity contribution in [2.45, 2.75) is 25.3 Å². The predicted octanol–water partition coefficient (Wildman–Crippen LogP) is 1.52. The second-order valence-electron chi connectivity index (χ2n) is 5.05. The lowest BCUT2D eigenvalue weighted by atomic mass is 9.90. The summed E-state index contributed by atoms with van der Waals surface area (Å²) in [4.78, 5) is 26.0. The summed E-state index contributed by atoms with van der Waals surface area (Å²) in [6.07, 6.45) is 2.61. The van der Waals surface area contributed by atoms with E-state index in [1.165, 1.54) is 0 Å². The molecule has 0 atom stereocenters. The smallest absolute Gasteiger partial charge is 0.288 e. The molecule has 1 saturated heterocycles. The van der Waals surface area contributed by atoms with Crippen molar-refractivity contribution in [2.75, 3.05) is 13.1 Å². The standard InChI is InChI=1S/C12H15ClN4O3/c1-12(2-4-14-5-3-12)16-11(18)9-6-8(17(19)20)7-15-10(9)13/h6-7,14H,2-5H2,1H3,(H,16,18). The molecule has 1 aromatic heterocycles. The van der Waals surface area contributed by atoms with Crippen molar-refractivity contribution in [3.8, 4) is 0 Å². The number of halogens is 1. The molecule has 1 fully saturated rings. The van der Waals surface area contributed by atoms with E-state index < -0.39 is 10.8 Å². The lowest BCUT2D eigenvalue weighted by Crippen LogP contribution is -2.52. The van der Waals surface area contributed by atoms with Crippen LogP contribution in [0.2, 0.25) is 5.15 Å². The highest BCUT2D eigenvalue weighted by atomic mass is 35.5. The molecule has 1 amide bonds. The summed E-state index contributed by atoms with van der Waals surface area (Å²) in [5.41, 5.74) is -0.563. The molecule has 0 aromatic carbocycles. The number of rotatable bonds is 3. The average Bonchev–Trinajstić information content (AvgIpc) is 2.39. The Kier molecular flexibility index (Phi) is 4.20. The third-order valence-electron chi connectivity index (χ3n) is 3.40. The Labute approximate surface area is 120 Å². The minimum absolute atomic E-state index is 0.0284. The summed E-state index contributed by atoms with van der Waals surface area (Å²) < 4.78 is 0. The van der Waals surface area contributed by atoms with E-state index in [9.17, 15) is 14.9 Å². The molecule has 0 radical (unpaired) electrons. The van der Waals surface area contributed by atoms with Gasteiger partial charge >= 0.3 is 0 Å². The summed E-state index contributed by atoms with van der Waals surface area (Å²) in [6, 6.07) is 1.15. The SMILES string of the molecule is CC1(NC(=O)c2cc([N+](=O)[O-])cnc2Cl)CCNCC1. The molecule has 1 aliphatic rings. The van der Waals surface area contributed by atoms with Crippen molar-refractivity contribution < 1.29 is 9.72 Å². The van der Waals surface area contributed by atoms with E-state index >= 15 is 0 Å². The second kappa shape index (κ2) is 5.72. The van der Waals surface area contributed by atoms with Crippen LogP contribution in [0.1, 0.15) is 30.1 Å². The van der Waals surface area contributed by atoms with Crippen LogP contribution in [0.3, 0.4) is 0 Å². The summed E-state index contributed by atoms with van der Waals surface area (Å²) >= 11 is 5.85. The number of carbonyl (C=O) groups excluding carboxylic acids is 1. The zero-order valence-corrected chi connectivity index (χ0v) is 11.7.